The number of carbonyl (C=O) groups is 2. The van der Waals surface area contributed by atoms with Crippen molar-refractivity contribution in [2.75, 3.05) is 13.2 Å². The summed E-state index contributed by atoms with van der Waals surface area (Å²) in [5.74, 6) is -2.51. The quantitative estimate of drug-likeness (QED) is 0.262. The first-order valence-corrected chi connectivity index (χ1v) is 11.4. The van der Waals surface area contributed by atoms with E-state index >= 15 is 0 Å². The number of rotatable bonds is 16. The van der Waals surface area contributed by atoms with Gasteiger partial charge in [-0.3, -0.25) is 0 Å². The number of carboxylic acids is 2. The summed E-state index contributed by atoms with van der Waals surface area (Å²) < 4.78 is 11.5. The van der Waals surface area contributed by atoms with Crippen molar-refractivity contribution in [3.05, 3.63) is 21.7 Å². The van der Waals surface area contributed by atoms with Crippen molar-refractivity contribution in [3.63, 3.8) is 0 Å². The lowest BCUT2D eigenvalue weighted by molar-refractivity contribution is 0.0648. The van der Waals surface area contributed by atoms with E-state index in [4.69, 9.17) is 9.47 Å². The van der Waals surface area contributed by atoms with Crippen LogP contribution in [0.4, 0.5) is 0 Å². The maximum absolute atomic E-state index is 11.6. The molecule has 0 aliphatic rings. The van der Waals surface area contributed by atoms with Crippen molar-refractivity contribution in [1.29, 1.82) is 0 Å². The minimum absolute atomic E-state index is 0.00311. The molecule has 0 saturated heterocycles. The zero-order valence-electron chi connectivity index (χ0n) is 17.8. The molecule has 0 aromatic heterocycles. The lowest BCUT2D eigenvalue weighted by Crippen LogP contribution is -2.19. The minimum Gasteiger partial charge on any atom is -0.490 e. The van der Waals surface area contributed by atoms with Crippen LogP contribution in [-0.4, -0.2) is 46.6 Å². The average molecular weight is 489 g/mol. The molecule has 1 unspecified atom stereocenters. The Labute approximate surface area is 186 Å². The number of halogens is 1. The molecule has 0 aliphatic heterocycles. The molecule has 0 aliphatic carbocycles. The smallest absolute Gasteiger partial charge is 0.337 e. The number of aliphatic hydroxyl groups is 1. The molecule has 1 aromatic carbocycles. The molecule has 1 aromatic rings. The van der Waals surface area contributed by atoms with Crippen LogP contribution in [0.15, 0.2) is 10.5 Å². The van der Waals surface area contributed by atoms with Gasteiger partial charge in [-0.05, 0) is 34.8 Å². The number of unbranched alkanes of at least 4 members (excludes halogenated alkanes) is 6. The summed E-state index contributed by atoms with van der Waals surface area (Å²) >= 11 is 3.18. The van der Waals surface area contributed by atoms with Crippen molar-refractivity contribution >= 4 is 27.9 Å². The van der Waals surface area contributed by atoms with Crippen LogP contribution in [0.3, 0.4) is 0 Å². The molecule has 1 rings (SSSR count). The topological polar surface area (TPSA) is 113 Å². The van der Waals surface area contributed by atoms with Gasteiger partial charge < -0.3 is 24.8 Å². The van der Waals surface area contributed by atoms with Crippen molar-refractivity contribution in [3.8, 4) is 11.5 Å². The van der Waals surface area contributed by atoms with Gasteiger partial charge >= 0.3 is 11.9 Å². The molecule has 30 heavy (non-hydrogen) atoms. The van der Waals surface area contributed by atoms with Gasteiger partial charge in [0.1, 0.15) is 6.61 Å². The molecule has 0 amide bonds. The Balaban J connectivity index is 3.02. The minimum atomic E-state index is -1.39. The summed E-state index contributed by atoms with van der Waals surface area (Å²) in [6.45, 7) is 4.53. The maximum atomic E-state index is 11.6. The summed E-state index contributed by atoms with van der Waals surface area (Å²) in [4.78, 5) is 23.2. The van der Waals surface area contributed by atoms with Gasteiger partial charge in [-0.2, -0.15) is 0 Å². The fraction of sp³-hybridized carbons (Fsp3) is 0.636. The monoisotopic (exact) mass is 488 g/mol. The highest BCUT2D eigenvalue weighted by atomic mass is 79.9. The molecule has 0 fully saturated rings. The van der Waals surface area contributed by atoms with E-state index in [0.717, 1.165) is 51.4 Å². The Morgan fingerprint density at radius 2 is 1.60 bits per heavy atom. The summed E-state index contributed by atoms with van der Waals surface area (Å²) in [7, 11) is 0. The van der Waals surface area contributed by atoms with E-state index in [2.05, 4.69) is 29.8 Å². The normalized spacial score (nSPS) is 11.9. The second-order valence-corrected chi connectivity index (χ2v) is 8.07. The van der Waals surface area contributed by atoms with Crippen LogP contribution in [-0.2, 0) is 0 Å². The van der Waals surface area contributed by atoms with E-state index in [1.807, 2.05) is 0 Å². The molecular weight excluding hydrogens is 456 g/mol. The van der Waals surface area contributed by atoms with Gasteiger partial charge in [-0.25, -0.2) is 9.59 Å². The van der Waals surface area contributed by atoms with Crippen molar-refractivity contribution in [2.24, 2.45) is 0 Å². The van der Waals surface area contributed by atoms with Gasteiger partial charge in [0, 0.05) is 0 Å². The molecule has 0 bridgehead atoms. The van der Waals surface area contributed by atoms with Gasteiger partial charge in [-0.15, -0.1) is 0 Å². The van der Waals surface area contributed by atoms with Crippen LogP contribution < -0.4 is 9.47 Å². The highest BCUT2D eigenvalue weighted by Gasteiger charge is 2.27. The van der Waals surface area contributed by atoms with E-state index in [-0.39, 0.29) is 28.1 Å². The van der Waals surface area contributed by atoms with Gasteiger partial charge in [0.05, 0.1) is 28.3 Å². The fourth-order valence-electron chi connectivity index (χ4n) is 3.01. The molecule has 0 saturated carbocycles. The molecule has 7 nitrogen and oxygen atoms in total. The summed E-state index contributed by atoms with van der Waals surface area (Å²) in [5.41, 5.74) is -0.793. The van der Waals surface area contributed by atoms with Crippen LogP contribution in [0.5, 0.6) is 11.5 Å². The van der Waals surface area contributed by atoms with E-state index in [1.54, 1.807) is 0 Å². The second-order valence-electron chi connectivity index (χ2n) is 7.27. The zero-order valence-corrected chi connectivity index (χ0v) is 19.4. The predicted molar refractivity (Wildman–Crippen MR) is 118 cm³/mol. The molecule has 0 heterocycles. The molecule has 8 heteroatoms. The standard InChI is InChI=1S/C22H33BrO7/c1-3-5-7-9-11-15(24)14-30-20-17(29-12-10-8-6-4-2)13-16(21(25)26)18(19(20)23)22(27)28/h13,15,24H,3-12,14H2,1-2H3,(H,25,26)(H,27,28). The van der Waals surface area contributed by atoms with E-state index in [0.29, 0.717) is 13.0 Å². The highest BCUT2D eigenvalue weighted by Crippen LogP contribution is 2.40. The largest absolute Gasteiger partial charge is 0.490 e. The first-order chi connectivity index (χ1) is 14.3. The summed E-state index contributed by atoms with van der Waals surface area (Å²) in [6, 6.07) is 1.18. The van der Waals surface area contributed by atoms with E-state index < -0.39 is 23.6 Å². The second kappa shape index (κ2) is 14.2. The summed E-state index contributed by atoms with van der Waals surface area (Å²) in [5, 5.41) is 29.1. The number of carboxylic acid groups (broad SMARTS) is 2. The van der Waals surface area contributed by atoms with Crippen LogP contribution in [0.2, 0.25) is 0 Å². The Hall–Kier alpha value is -1.80. The number of aromatic carboxylic acids is 2. The van der Waals surface area contributed by atoms with Crippen LogP contribution in [0, 0.1) is 0 Å². The Morgan fingerprint density at radius 1 is 0.967 bits per heavy atom. The third-order valence-electron chi connectivity index (χ3n) is 4.70. The third kappa shape index (κ3) is 8.52. The lowest BCUT2D eigenvalue weighted by atomic mass is 10.1. The van der Waals surface area contributed by atoms with Crippen LogP contribution >= 0.6 is 15.9 Å². The van der Waals surface area contributed by atoms with Gasteiger partial charge in [0.15, 0.2) is 11.5 Å². The summed E-state index contributed by atoms with van der Waals surface area (Å²) in [6.07, 6.45) is 7.88. The van der Waals surface area contributed by atoms with Crippen molar-refractivity contribution in [2.45, 2.75) is 77.7 Å². The molecule has 1 atom stereocenters. The highest BCUT2D eigenvalue weighted by molar-refractivity contribution is 9.10. The number of hydrogen-bond donors (Lipinski definition) is 3. The number of aliphatic hydroxyl groups excluding tert-OH is 1. The molecule has 0 radical (unpaired) electrons. The Kier molecular flexibility index (Phi) is 12.5. The van der Waals surface area contributed by atoms with Crippen molar-refractivity contribution in [1.82, 2.24) is 0 Å². The van der Waals surface area contributed by atoms with Gasteiger partial charge in [0.25, 0.3) is 0 Å². The van der Waals surface area contributed by atoms with Gasteiger partial charge in [0.2, 0.25) is 0 Å². The Morgan fingerprint density at radius 3 is 2.17 bits per heavy atom. The molecular formula is C22H33BrO7. The molecule has 170 valence electrons. The van der Waals surface area contributed by atoms with Crippen LogP contribution in [0.1, 0.15) is 92.4 Å². The molecule has 0 spiro atoms. The number of ether oxygens (including phenoxy) is 2. The SMILES string of the molecule is CCCCCCOc1cc(C(=O)O)c(C(=O)O)c(Br)c1OCC(O)CCCCCC. The number of hydrogen-bond acceptors (Lipinski definition) is 5. The Bertz CT molecular complexity index is 691. The maximum Gasteiger partial charge on any atom is 0.337 e. The van der Waals surface area contributed by atoms with Crippen molar-refractivity contribution < 1.29 is 34.4 Å². The van der Waals surface area contributed by atoms with E-state index in [1.165, 1.54) is 6.07 Å². The van der Waals surface area contributed by atoms with Gasteiger partial charge in [-0.1, -0.05) is 58.8 Å². The molecule has 3 N–H and O–H groups in total. The number of benzene rings is 1. The third-order valence-corrected chi connectivity index (χ3v) is 5.45. The lowest BCUT2D eigenvalue weighted by Gasteiger charge is -2.19. The zero-order chi connectivity index (χ0) is 22.5. The fourth-order valence-corrected chi connectivity index (χ4v) is 3.70. The van der Waals surface area contributed by atoms with Crippen LogP contribution in [0.25, 0.3) is 0 Å². The first kappa shape index (κ1) is 26.2. The van der Waals surface area contributed by atoms with E-state index in [9.17, 15) is 24.9 Å². The average Bonchev–Trinajstić information content (AvgIpc) is 2.69. The first-order valence-electron chi connectivity index (χ1n) is 10.6. The predicted octanol–water partition coefficient (Wildman–Crippen LogP) is 5.51.